The molecule has 0 saturated carbocycles. The maximum Gasteiger partial charge on any atom is 0.135 e. The van der Waals surface area contributed by atoms with Crippen molar-refractivity contribution in [2.45, 2.75) is 32.1 Å². The van der Waals surface area contributed by atoms with Crippen molar-refractivity contribution in [3.8, 4) is 5.69 Å². The zero-order valence-corrected chi connectivity index (χ0v) is 25.7. The van der Waals surface area contributed by atoms with Gasteiger partial charge in [0.2, 0.25) is 0 Å². The third kappa shape index (κ3) is 4.42. The van der Waals surface area contributed by atoms with E-state index >= 15 is 0 Å². The van der Waals surface area contributed by atoms with E-state index in [-0.39, 0.29) is 0 Å². The largest absolute Gasteiger partial charge is 0.460 e. The van der Waals surface area contributed by atoms with Crippen molar-refractivity contribution >= 4 is 61.5 Å². The summed E-state index contributed by atoms with van der Waals surface area (Å²) in [5.41, 5.74) is 11.7. The molecule has 9 rings (SSSR count). The van der Waals surface area contributed by atoms with Gasteiger partial charge in [0.05, 0.1) is 11.0 Å². The Morgan fingerprint density at radius 3 is 2.17 bits per heavy atom. The number of rotatable bonds is 5. The van der Waals surface area contributed by atoms with Gasteiger partial charge in [-0.2, -0.15) is 0 Å². The van der Waals surface area contributed by atoms with Crippen molar-refractivity contribution < 1.29 is 4.42 Å². The quantitative estimate of drug-likeness (QED) is 0.198. The summed E-state index contributed by atoms with van der Waals surface area (Å²) in [6, 6.07) is 41.8. The monoisotopic (exact) mass is 594 g/mol. The standard InChI is InChI=1S/C43H34N2O/c1-2-5-13-30(12-4-1)31-20-22-33(23-21-31)44(32-14-6-3-7-15-32)34-24-26-35(27-25-34)45-38-18-10-8-16-36(38)42-39(45)28-29-41-43(42)37-17-9-11-19-40(37)46-41/h3-4,6-10,12-18,20-29H,1-2,5,11,19H2. The Labute approximate surface area is 269 Å². The third-order valence-corrected chi connectivity index (χ3v) is 9.50. The van der Waals surface area contributed by atoms with E-state index in [2.05, 4.69) is 155 Å². The van der Waals surface area contributed by atoms with Crippen molar-refractivity contribution in [3.05, 3.63) is 156 Å². The molecule has 0 spiro atoms. The fourth-order valence-electron chi connectivity index (χ4n) is 7.34. The Morgan fingerprint density at radius 1 is 0.587 bits per heavy atom. The van der Waals surface area contributed by atoms with Crippen LogP contribution in [0, 0.1) is 0 Å². The van der Waals surface area contributed by atoms with Crippen molar-refractivity contribution in [1.82, 2.24) is 4.57 Å². The predicted molar refractivity (Wildman–Crippen MR) is 194 cm³/mol. The molecule has 0 amide bonds. The Balaban J connectivity index is 1.16. The van der Waals surface area contributed by atoms with E-state index in [0.717, 1.165) is 59.8 Å². The van der Waals surface area contributed by atoms with Gasteiger partial charge in [-0.05, 0) is 104 Å². The first-order valence-electron chi connectivity index (χ1n) is 16.4. The van der Waals surface area contributed by atoms with Crippen molar-refractivity contribution in [2.24, 2.45) is 0 Å². The van der Waals surface area contributed by atoms with E-state index in [1.54, 1.807) is 0 Å². The van der Waals surface area contributed by atoms with Crippen molar-refractivity contribution in [2.75, 3.05) is 4.90 Å². The molecule has 7 aromatic rings. The highest BCUT2D eigenvalue weighted by atomic mass is 16.3. The highest BCUT2D eigenvalue weighted by molar-refractivity contribution is 6.22. The topological polar surface area (TPSA) is 21.3 Å². The minimum absolute atomic E-state index is 0.956. The number of nitrogens with zero attached hydrogens (tertiary/aromatic N) is 2. The molecule has 3 nitrogen and oxygen atoms in total. The molecule has 3 heteroatoms. The van der Waals surface area contributed by atoms with Crippen molar-refractivity contribution in [1.29, 1.82) is 0 Å². The Kier molecular flexibility index (Phi) is 6.48. The van der Waals surface area contributed by atoms with Crippen LogP contribution in [0.5, 0.6) is 0 Å². The number of aromatic nitrogens is 1. The van der Waals surface area contributed by atoms with Crippen LogP contribution in [0.1, 0.15) is 42.6 Å². The summed E-state index contributed by atoms with van der Waals surface area (Å²) in [5, 5.41) is 3.74. The molecule has 0 fully saturated rings. The molecule has 2 heterocycles. The number of anilines is 3. The molecular formula is C43H34N2O. The molecular weight excluding hydrogens is 560 g/mol. The lowest BCUT2D eigenvalue weighted by molar-refractivity contribution is 0.546. The van der Waals surface area contributed by atoms with Gasteiger partial charge in [-0.15, -0.1) is 0 Å². The van der Waals surface area contributed by atoms with Gasteiger partial charge in [0, 0.05) is 50.9 Å². The molecule has 2 aliphatic rings. The number of hydrogen-bond donors (Lipinski definition) is 0. The number of hydrogen-bond acceptors (Lipinski definition) is 2. The molecule has 0 bridgehead atoms. The maximum absolute atomic E-state index is 6.36. The summed E-state index contributed by atoms with van der Waals surface area (Å²) in [6.07, 6.45) is 16.9. The lowest BCUT2D eigenvalue weighted by Gasteiger charge is -2.26. The third-order valence-electron chi connectivity index (χ3n) is 9.50. The van der Waals surface area contributed by atoms with Gasteiger partial charge < -0.3 is 13.9 Å². The summed E-state index contributed by atoms with van der Waals surface area (Å²) in [7, 11) is 0. The molecule has 0 saturated heterocycles. The second-order valence-electron chi connectivity index (χ2n) is 12.3. The van der Waals surface area contributed by atoms with E-state index in [1.807, 2.05) is 0 Å². The first-order chi connectivity index (χ1) is 22.8. The van der Waals surface area contributed by atoms with Gasteiger partial charge in [-0.1, -0.05) is 78.9 Å². The fourth-order valence-corrected chi connectivity index (χ4v) is 7.34. The van der Waals surface area contributed by atoms with E-state index in [1.165, 1.54) is 50.3 Å². The number of para-hydroxylation sites is 2. The van der Waals surface area contributed by atoms with Crippen LogP contribution in [-0.2, 0) is 6.42 Å². The summed E-state index contributed by atoms with van der Waals surface area (Å²) in [6.45, 7) is 0. The Morgan fingerprint density at radius 2 is 1.33 bits per heavy atom. The molecule has 222 valence electrons. The van der Waals surface area contributed by atoms with E-state index in [9.17, 15) is 0 Å². The molecule has 0 unspecified atom stereocenters. The number of aryl methyl sites for hydroxylation is 1. The smallest absolute Gasteiger partial charge is 0.135 e. The predicted octanol–water partition coefficient (Wildman–Crippen LogP) is 12.1. The molecule has 0 N–H and O–H groups in total. The molecule has 0 aliphatic heterocycles. The number of furan rings is 1. The van der Waals surface area contributed by atoms with Gasteiger partial charge in [0.25, 0.3) is 0 Å². The summed E-state index contributed by atoms with van der Waals surface area (Å²) in [5.74, 6) is 1.10. The molecule has 0 radical (unpaired) electrons. The SMILES string of the molecule is C1=CC(c2ccc(N(c3ccccc3)c3ccc(-n4c5ccccc5c5c6c7c(oc6ccc54)CCC=C7)cc3)cc2)=CCCC1. The van der Waals surface area contributed by atoms with Gasteiger partial charge in [-0.25, -0.2) is 0 Å². The fraction of sp³-hybridized carbons (Fsp3) is 0.116. The zero-order chi connectivity index (χ0) is 30.5. The second kappa shape index (κ2) is 11.1. The van der Waals surface area contributed by atoms with Gasteiger partial charge in [-0.3, -0.25) is 0 Å². The van der Waals surface area contributed by atoms with Crippen LogP contribution in [0.25, 0.3) is 50.1 Å². The minimum atomic E-state index is 0.956. The van der Waals surface area contributed by atoms with Gasteiger partial charge >= 0.3 is 0 Å². The van der Waals surface area contributed by atoms with Crippen LogP contribution in [0.2, 0.25) is 0 Å². The number of fused-ring (bicyclic) bond motifs is 7. The first kappa shape index (κ1) is 26.8. The molecule has 5 aromatic carbocycles. The maximum atomic E-state index is 6.36. The van der Waals surface area contributed by atoms with Crippen LogP contribution >= 0.6 is 0 Å². The summed E-state index contributed by atoms with van der Waals surface area (Å²) < 4.78 is 8.76. The molecule has 0 atom stereocenters. The van der Waals surface area contributed by atoms with E-state index in [0.29, 0.717) is 0 Å². The Hall–Kier alpha value is -5.54. The first-order valence-corrected chi connectivity index (χ1v) is 16.4. The second-order valence-corrected chi connectivity index (χ2v) is 12.3. The number of allylic oxidation sites excluding steroid dienone is 5. The summed E-state index contributed by atoms with van der Waals surface area (Å²) >= 11 is 0. The highest BCUT2D eigenvalue weighted by Gasteiger charge is 2.22. The number of benzene rings is 5. The molecule has 2 aromatic heterocycles. The average molecular weight is 595 g/mol. The minimum Gasteiger partial charge on any atom is -0.460 e. The molecule has 2 aliphatic carbocycles. The summed E-state index contributed by atoms with van der Waals surface area (Å²) in [4.78, 5) is 2.34. The lowest BCUT2D eigenvalue weighted by atomic mass is 9.99. The van der Waals surface area contributed by atoms with Gasteiger partial charge in [0.15, 0.2) is 0 Å². The zero-order valence-electron chi connectivity index (χ0n) is 25.7. The van der Waals surface area contributed by atoms with E-state index < -0.39 is 0 Å². The van der Waals surface area contributed by atoms with Crippen molar-refractivity contribution in [3.63, 3.8) is 0 Å². The average Bonchev–Trinajstić information content (AvgIpc) is 3.52. The van der Waals surface area contributed by atoms with Crippen LogP contribution < -0.4 is 4.90 Å². The van der Waals surface area contributed by atoms with Crippen LogP contribution in [0.4, 0.5) is 17.1 Å². The van der Waals surface area contributed by atoms with Crippen LogP contribution in [-0.4, -0.2) is 4.57 Å². The normalized spacial score (nSPS) is 14.5. The Bertz CT molecular complexity index is 2310. The van der Waals surface area contributed by atoms with Gasteiger partial charge in [0.1, 0.15) is 11.3 Å². The highest BCUT2D eigenvalue weighted by Crippen LogP contribution is 2.42. The molecule has 46 heavy (non-hydrogen) atoms. The van der Waals surface area contributed by atoms with E-state index in [4.69, 9.17) is 4.42 Å². The lowest BCUT2D eigenvalue weighted by Crippen LogP contribution is -2.10. The van der Waals surface area contributed by atoms with Crippen LogP contribution in [0.3, 0.4) is 0 Å². The van der Waals surface area contributed by atoms with Crippen LogP contribution in [0.15, 0.2) is 144 Å².